The molecule has 0 heterocycles. The summed E-state index contributed by atoms with van der Waals surface area (Å²) in [6, 6.07) is 12.4. The van der Waals surface area contributed by atoms with Crippen LogP contribution in [0.15, 0.2) is 47.6 Å². The quantitative estimate of drug-likeness (QED) is 0.605. The Hall–Kier alpha value is -2.38. The van der Waals surface area contributed by atoms with Crippen molar-refractivity contribution in [3.05, 3.63) is 64.2 Å². The van der Waals surface area contributed by atoms with Gasteiger partial charge in [0.25, 0.3) is 5.91 Å². The number of hydrazone groups is 1. The molecule has 0 radical (unpaired) electrons. The number of aryl methyl sites for hydroxylation is 2. The van der Waals surface area contributed by atoms with Gasteiger partial charge in [-0.1, -0.05) is 35.9 Å². The number of anilines is 1. The lowest BCUT2D eigenvalue weighted by Crippen LogP contribution is -2.39. The maximum absolute atomic E-state index is 12.2. The van der Waals surface area contributed by atoms with Crippen LogP contribution in [0.2, 0.25) is 5.02 Å². The highest BCUT2D eigenvalue weighted by molar-refractivity contribution is 7.92. The predicted octanol–water partition coefficient (Wildman–Crippen LogP) is 2.87. The van der Waals surface area contributed by atoms with Crippen molar-refractivity contribution in [3.8, 4) is 0 Å². The first-order chi connectivity index (χ1) is 12.2. The minimum absolute atomic E-state index is 0.365. The van der Waals surface area contributed by atoms with Crippen LogP contribution in [0.5, 0.6) is 0 Å². The monoisotopic (exact) mass is 393 g/mol. The Bertz CT molecular complexity index is 942. The smallest absolute Gasteiger partial charge is 0.260 e. The van der Waals surface area contributed by atoms with Crippen molar-refractivity contribution < 1.29 is 13.2 Å². The lowest BCUT2D eigenvalue weighted by atomic mass is 10.1. The summed E-state index contributed by atoms with van der Waals surface area (Å²) < 4.78 is 25.4. The standard InChI is InChI=1S/C18H20ClN3O3S/c1-13-7-8-14(2)17(9-13)22(26(3,24)25)12-18(23)21-20-11-15-5-4-6-16(19)10-15/h4-11H,12H2,1-3H3,(H,21,23)/b20-11-. The molecule has 1 N–H and O–H groups in total. The molecule has 0 aliphatic rings. The van der Waals surface area contributed by atoms with Crippen LogP contribution in [-0.2, 0) is 14.8 Å². The van der Waals surface area contributed by atoms with Gasteiger partial charge < -0.3 is 0 Å². The molecule has 8 heteroatoms. The molecule has 2 aromatic carbocycles. The molecular formula is C18H20ClN3O3S. The number of hydrogen-bond acceptors (Lipinski definition) is 4. The van der Waals surface area contributed by atoms with E-state index in [-0.39, 0.29) is 6.54 Å². The highest BCUT2D eigenvalue weighted by atomic mass is 35.5. The molecule has 6 nitrogen and oxygen atoms in total. The van der Waals surface area contributed by atoms with Crippen molar-refractivity contribution >= 4 is 39.4 Å². The van der Waals surface area contributed by atoms with Gasteiger partial charge in [-0.3, -0.25) is 9.10 Å². The number of rotatable bonds is 6. The molecule has 0 atom stereocenters. The van der Waals surface area contributed by atoms with Gasteiger partial charge in [0.1, 0.15) is 6.54 Å². The Morgan fingerprint density at radius 1 is 1.23 bits per heavy atom. The lowest BCUT2D eigenvalue weighted by Gasteiger charge is -2.23. The molecule has 0 spiro atoms. The van der Waals surface area contributed by atoms with Crippen LogP contribution in [0, 0.1) is 13.8 Å². The van der Waals surface area contributed by atoms with E-state index in [1.165, 1.54) is 6.21 Å². The molecule has 1 amide bonds. The number of amides is 1. The maximum Gasteiger partial charge on any atom is 0.260 e. The number of halogens is 1. The summed E-state index contributed by atoms with van der Waals surface area (Å²) in [6.45, 7) is 3.29. The molecule has 2 rings (SSSR count). The summed E-state index contributed by atoms with van der Waals surface area (Å²) in [5.74, 6) is -0.547. The van der Waals surface area contributed by atoms with Crippen LogP contribution in [0.3, 0.4) is 0 Å². The van der Waals surface area contributed by atoms with E-state index in [1.54, 1.807) is 37.3 Å². The Morgan fingerprint density at radius 3 is 2.62 bits per heavy atom. The summed E-state index contributed by atoms with van der Waals surface area (Å²) in [6.07, 6.45) is 2.50. The minimum Gasteiger partial charge on any atom is -0.271 e. The van der Waals surface area contributed by atoms with E-state index in [1.807, 2.05) is 19.1 Å². The third-order valence-electron chi connectivity index (χ3n) is 3.57. The van der Waals surface area contributed by atoms with E-state index in [0.29, 0.717) is 16.3 Å². The van der Waals surface area contributed by atoms with Gasteiger partial charge in [-0.2, -0.15) is 5.10 Å². The van der Waals surface area contributed by atoms with E-state index in [2.05, 4.69) is 10.5 Å². The fourth-order valence-corrected chi connectivity index (χ4v) is 3.41. The van der Waals surface area contributed by atoms with E-state index >= 15 is 0 Å². The molecule has 0 unspecified atom stereocenters. The fraction of sp³-hybridized carbons (Fsp3) is 0.222. The highest BCUT2D eigenvalue weighted by Crippen LogP contribution is 2.23. The Morgan fingerprint density at radius 2 is 1.96 bits per heavy atom. The topological polar surface area (TPSA) is 78.8 Å². The summed E-state index contributed by atoms with van der Waals surface area (Å²) >= 11 is 5.88. The third-order valence-corrected chi connectivity index (χ3v) is 4.93. The number of nitrogens with zero attached hydrogens (tertiary/aromatic N) is 2. The zero-order valence-corrected chi connectivity index (χ0v) is 16.3. The third kappa shape index (κ3) is 5.57. The second-order valence-electron chi connectivity index (χ2n) is 5.91. The van der Waals surface area contributed by atoms with E-state index in [4.69, 9.17) is 11.6 Å². The van der Waals surface area contributed by atoms with Crippen LogP contribution in [0.4, 0.5) is 5.69 Å². The lowest BCUT2D eigenvalue weighted by molar-refractivity contribution is -0.119. The summed E-state index contributed by atoms with van der Waals surface area (Å²) in [4.78, 5) is 12.2. The SMILES string of the molecule is Cc1ccc(C)c(N(CC(=O)N/N=C\c2cccc(Cl)c2)S(C)(=O)=O)c1. The fourth-order valence-electron chi connectivity index (χ4n) is 2.30. The van der Waals surface area contributed by atoms with Crippen molar-refractivity contribution in [2.75, 3.05) is 17.1 Å². The van der Waals surface area contributed by atoms with Crippen LogP contribution in [-0.4, -0.2) is 33.3 Å². The summed E-state index contributed by atoms with van der Waals surface area (Å²) in [5, 5.41) is 4.40. The first-order valence-electron chi connectivity index (χ1n) is 7.79. The molecular weight excluding hydrogens is 374 g/mol. The molecule has 138 valence electrons. The van der Waals surface area contributed by atoms with Crippen LogP contribution in [0.1, 0.15) is 16.7 Å². The zero-order chi connectivity index (χ0) is 19.3. The van der Waals surface area contributed by atoms with Crippen LogP contribution >= 0.6 is 11.6 Å². The number of nitrogens with one attached hydrogen (secondary N) is 1. The van der Waals surface area contributed by atoms with Gasteiger partial charge >= 0.3 is 0 Å². The average molecular weight is 394 g/mol. The second-order valence-corrected chi connectivity index (χ2v) is 8.25. The second kappa shape index (κ2) is 8.33. The van der Waals surface area contributed by atoms with Crippen molar-refractivity contribution in [2.24, 2.45) is 5.10 Å². The van der Waals surface area contributed by atoms with Crippen molar-refractivity contribution in [1.29, 1.82) is 0 Å². The number of hydrogen-bond donors (Lipinski definition) is 1. The van der Waals surface area contributed by atoms with Crippen molar-refractivity contribution in [1.82, 2.24) is 5.43 Å². The molecule has 0 fully saturated rings. The largest absolute Gasteiger partial charge is 0.271 e. The van der Waals surface area contributed by atoms with Crippen molar-refractivity contribution in [2.45, 2.75) is 13.8 Å². The molecule has 0 aromatic heterocycles. The van der Waals surface area contributed by atoms with E-state index in [9.17, 15) is 13.2 Å². The Balaban J connectivity index is 2.14. The van der Waals surface area contributed by atoms with Crippen molar-refractivity contribution in [3.63, 3.8) is 0 Å². The molecule has 0 saturated heterocycles. The molecule has 0 saturated carbocycles. The van der Waals surface area contributed by atoms with E-state index in [0.717, 1.165) is 21.7 Å². The minimum atomic E-state index is -3.63. The van der Waals surface area contributed by atoms with Gasteiger partial charge in [-0.15, -0.1) is 0 Å². The van der Waals surface area contributed by atoms with Gasteiger partial charge in [0.05, 0.1) is 18.2 Å². The van der Waals surface area contributed by atoms with Gasteiger partial charge in [0.15, 0.2) is 0 Å². The zero-order valence-electron chi connectivity index (χ0n) is 14.7. The number of benzene rings is 2. The Kier molecular flexibility index (Phi) is 6.39. The van der Waals surface area contributed by atoms with E-state index < -0.39 is 15.9 Å². The first kappa shape index (κ1) is 19.9. The van der Waals surface area contributed by atoms with Gasteiger partial charge in [0, 0.05) is 5.02 Å². The molecule has 2 aromatic rings. The number of carbonyl (C=O) groups excluding carboxylic acids is 1. The van der Waals surface area contributed by atoms with Gasteiger partial charge in [0.2, 0.25) is 10.0 Å². The first-order valence-corrected chi connectivity index (χ1v) is 10.0. The normalized spacial score (nSPS) is 11.5. The molecule has 0 aliphatic carbocycles. The number of carbonyl (C=O) groups is 1. The summed E-state index contributed by atoms with van der Waals surface area (Å²) in [7, 11) is -3.63. The molecule has 26 heavy (non-hydrogen) atoms. The van der Waals surface area contributed by atoms with Gasteiger partial charge in [-0.05, 0) is 48.7 Å². The predicted molar refractivity (Wildman–Crippen MR) is 105 cm³/mol. The average Bonchev–Trinajstić information content (AvgIpc) is 2.54. The highest BCUT2D eigenvalue weighted by Gasteiger charge is 2.22. The molecule has 0 aliphatic heterocycles. The molecule has 0 bridgehead atoms. The van der Waals surface area contributed by atoms with Crippen LogP contribution < -0.4 is 9.73 Å². The van der Waals surface area contributed by atoms with Gasteiger partial charge in [-0.25, -0.2) is 13.8 Å². The Labute approximate surface area is 158 Å². The maximum atomic E-state index is 12.2. The summed E-state index contributed by atoms with van der Waals surface area (Å²) in [5.41, 5.74) is 5.19. The number of sulfonamides is 1. The van der Waals surface area contributed by atoms with Crippen LogP contribution in [0.25, 0.3) is 0 Å².